The first-order valence-corrected chi connectivity index (χ1v) is 6.89. The van der Waals surface area contributed by atoms with Gasteiger partial charge < -0.3 is 0 Å². The summed E-state index contributed by atoms with van der Waals surface area (Å²) in [4.78, 5) is 3.99. The summed E-state index contributed by atoms with van der Waals surface area (Å²) in [6.45, 7) is 0. The van der Waals surface area contributed by atoms with Crippen molar-refractivity contribution < 1.29 is 8.42 Å². The summed E-state index contributed by atoms with van der Waals surface area (Å²) in [5.74, 6) is 2.52. The smallest absolute Gasteiger partial charge is 0.243 e. The van der Waals surface area contributed by atoms with Crippen LogP contribution in [0.4, 0.5) is 0 Å². The second-order valence-electron chi connectivity index (χ2n) is 3.39. The molecule has 0 aliphatic rings. The first kappa shape index (κ1) is 12.6. The maximum Gasteiger partial charge on any atom is 0.245 e. The standard InChI is InChI=1S/C13H8ClNO2S/c14-13-11(5-4-9-15-13)8-10-18(16,17)12-6-2-1-3-7-12/h1-7,9H. The average molecular weight is 278 g/mol. The van der Waals surface area contributed by atoms with Crippen LogP contribution in [0.1, 0.15) is 5.56 Å². The molecule has 0 N–H and O–H groups in total. The first-order chi connectivity index (χ1) is 8.59. The van der Waals surface area contributed by atoms with Crippen molar-refractivity contribution in [2.45, 2.75) is 4.90 Å². The Morgan fingerprint density at radius 2 is 1.78 bits per heavy atom. The van der Waals surface area contributed by atoms with Gasteiger partial charge in [-0.15, -0.1) is 0 Å². The Balaban J connectivity index is 2.39. The molecule has 0 atom stereocenters. The number of rotatable bonds is 1. The molecule has 0 aliphatic heterocycles. The fraction of sp³-hybridized carbons (Fsp3) is 0. The summed E-state index contributed by atoms with van der Waals surface area (Å²) < 4.78 is 23.8. The molecule has 18 heavy (non-hydrogen) atoms. The van der Waals surface area contributed by atoms with Crippen LogP contribution in [0.15, 0.2) is 53.6 Å². The third-order valence-corrected chi connectivity index (χ3v) is 3.70. The van der Waals surface area contributed by atoms with Crippen molar-refractivity contribution in [3.8, 4) is 11.2 Å². The molecular weight excluding hydrogens is 270 g/mol. The predicted molar refractivity (Wildman–Crippen MR) is 69.8 cm³/mol. The van der Waals surface area contributed by atoms with Crippen LogP contribution in [-0.4, -0.2) is 13.4 Å². The van der Waals surface area contributed by atoms with E-state index in [-0.39, 0.29) is 10.0 Å². The molecule has 0 fully saturated rings. The van der Waals surface area contributed by atoms with E-state index >= 15 is 0 Å². The van der Waals surface area contributed by atoms with E-state index in [2.05, 4.69) is 16.2 Å². The molecule has 3 nitrogen and oxygen atoms in total. The highest BCUT2D eigenvalue weighted by atomic mass is 35.5. The van der Waals surface area contributed by atoms with Crippen LogP contribution in [0.2, 0.25) is 5.15 Å². The Kier molecular flexibility index (Phi) is 3.66. The molecule has 0 amide bonds. The van der Waals surface area contributed by atoms with E-state index in [1.54, 1.807) is 30.3 Å². The van der Waals surface area contributed by atoms with Gasteiger partial charge >= 0.3 is 0 Å². The molecule has 0 bridgehead atoms. The quantitative estimate of drug-likeness (QED) is 0.594. The van der Waals surface area contributed by atoms with E-state index in [1.165, 1.54) is 18.3 Å². The van der Waals surface area contributed by atoms with Crippen molar-refractivity contribution in [1.82, 2.24) is 4.98 Å². The largest absolute Gasteiger partial charge is 0.245 e. The number of halogens is 1. The molecular formula is C13H8ClNO2S. The van der Waals surface area contributed by atoms with Gasteiger partial charge in [-0.2, -0.15) is 0 Å². The Bertz CT molecular complexity index is 715. The van der Waals surface area contributed by atoms with Crippen LogP contribution in [-0.2, 0) is 9.84 Å². The molecule has 1 aromatic carbocycles. The van der Waals surface area contributed by atoms with Gasteiger partial charge in [-0.05, 0) is 30.2 Å². The third kappa shape index (κ3) is 2.89. The summed E-state index contributed by atoms with van der Waals surface area (Å²) in [6, 6.07) is 11.3. The van der Waals surface area contributed by atoms with Crippen LogP contribution in [0.3, 0.4) is 0 Å². The molecule has 0 radical (unpaired) electrons. The predicted octanol–water partition coefficient (Wildman–Crippen LogP) is 2.52. The van der Waals surface area contributed by atoms with Gasteiger partial charge in [-0.1, -0.05) is 29.8 Å². The van der Waals surface area contributed by atoms with E-state index in [1.807, 2.05) is 0 Å². The van der Waals surface area contributed by atoms with Gasteiger partial charge in [0.1, 0.15) is 5.15 Å². The van der Waals surface area contributed by atoms with E-state index in [9.17, 15) is 8.42 Å². The van der Waals surface area contributed by atoms with Crippen LogP contribution in [0.25, 0.3) is 0 Å². The topological polar surface area (TPSA) is 47.0 Å². The number of hydrogen-bond donors (Lipinski definition) is 0. The molecule has 2 aromatic rings. The van der Waals surface area contributed by atoms with Gasteiger partial charge in [-0.3, -0.25) is 0 Å². The molecule has 0 aliphatic carbocycles. The van der Waals surface area contributed by atoms with Gasteiger partial charge in [0.2, 0.25) is 9.84 Å². The number of sulfone groups is 1. The van der Waals surface area contributed by atoms with Crippen molar-refractivity contribution in [2.24, 2.45) is 0 Å². The van der Waals surface area contributed by atoms with Crippen molar-refractivity contribution in [1.29, 1.82) is 0 Å². The van der Waals surface area contributed by atoms with Crippen molar-refractivity contribution in [3.63, 3.8) is 0 Å². The monoisotopic (exact) mass is 277 g/mol. The first-order valence-electron chi connectivity index (χ1n) is 5.03. The number of nitrogens with zero attached hydrogens (tertiary/aromatic N) is 1. The van der Waals surface area contributed by atoms with Crippen molar-refractivity contribution in [3.05, 3.63) is 59.4 Å². The van der Waals surface area contributed by atoms with Crippen LogP contribution in [0.5, 0.6) is 0 Å². The lowest BCUT2D eigenvalue weighted by Gasteiger charge is -1.95. The molecule has 5 heteroatoms. The molecule has 1 aromatic heterocycles. The lowest BCUT2D eigenvalue weighted by atomic mass is 10.3. The second kappa shape index (κ2) is 5.21. The zero-order valence-corrected chi connectivity index (χ0v) is 10.7. The molecule has 0 saturated carbocycles. The zero-order valence-electron chi connectivity index (χ0n) is 9.17. The fourth-order valence-corrected chi connectivity index (χ4v) is 2.30. The minimum atomic E-state index is -3.62. The Morgan fingerprint density at radius 3 is 2.44 bits per heavy atom. The van der Waals surface area contributed by atoms with Gasteiger partial charge in [-0.25, -0.2) is 13.4 Å². The van der Waals surface area contributed by atoms with Gasteiger partial charge in [0.25, 0.3) is 0 Å². The average Bonchev–Trinajstić information content (AvgIpc) is 2.39. The van der Waals surface area contributed by atoms with Gasteiger partial charge in [0.15, 0.2) is 0 Å². The number of benzene rings is 1. The minimum absolute atomic E-state index is 0.164. The fourth-order valence-electron chi connectivity index (χ4n) is 1.26. The zero-order chi connectivity index (χ0) is 13.0. The van der Waals surface area contributed by atoms with Gasteiger partial charge in [0, 0.05) is 11.4 Å². The Hall–Kier alpha value is -1.83. The maximum atomic E-state index is 11.9. The SMILES string of the molecule is O=S(=O)(C#Cc1cccnc1Cl)c1ccccc1. The van der Waals surface area contributed by atoms with Crippen LogP contribution >= 0.6 is 11.6 Å². The summed E-state index contributed by atoms with van der Waals surface area (Å²) in [6.07, 6.45) is 1.51. The molecule has 90 valence electrons. The summed E-state index contributed by atoms with van der Waals surface area (Å²) in [7, 11) is -3.62. The summed E-state index contributed by atoms with van der Waals surface area (Å²) in [5, 5.41) is 2.42. The number of aromatic nitrogens is 1. The van der Waals surface area contributed by atoms with Crippen molar-refractivity contribution >= 4 is 21.4 Å². The summed E-state index contributed by atoms with van der Waals surface area (Å²) in [5.41, 5.74) is 0.388. The molecule has 1 heterocycles. The maximum absolute atomic E-state index is 11.9. The molecule has 0 spiro atoms. The Morgan fingerprint density at radius 1 is 1.06 bits per heavy atom. The van der Waals surface area contributed by atoms with E-state index in [0.717, 1.165) is 0 Å². The normalized spacial score (nSPS) is 10.5. The van der Waals surface area contributed by atoms with Crippen LogP contribution in [0, 0.1) is 11.2 Å². The molecule has 0 unspecified atom stereocenters. The highest BCUT2D eigenvalue weighted by Crippen LogP contribution is 2.12. The highest BCUT2D eigenvalue weighted by molar-refractivity contribution is 7.96. The Labute approximate surface area is 110 Å². The van der Waals surface area contributed by atoms with Crippen molar-refractivity contribution in [2.75, 3.05) is 0 Å². The molecule has 2 rings (SSSR count). The lowest BCUT2D eigenvalue weighted by molar-refractivity contribution is 0.606. The van der Waals surface area contributed by atoms with E-state index in [0.29, 0.717) is 5.56 Å². The second-order valence-corrected chi connectivity index (χ2v) is 5.43. The minimum Gasteiger partial charge on any atom is -0.243 e. The molecule has 0 saturated heterocycles. The lowest BCUT2D eigenvalue weighted by Crippen LogP contribution is -1.96. The third-order valence-electron chi connectivity index (χ3n) is 2.13. The number of hydrogen-bond acceptors (Lipinski definition) is 3. The number of pyridine rings is 1. The van der Waals surface area contributed by atoms with E-state index in [4.69, 9.17) is 11.6 Å². The van der Waals surface area contributed by atoms with Gasteiger partial charge in [0.05, 0.1) is 10.5 Å². The summed E-state index contributed by atoms with van der Waals surface area (Å²) >= 11 is 5.79. The van der Waals surface area contributed by atoms with Crippen LogP contribution < -0.4 is 0 Å². The van der Waals surface area contributed by atoms with E-state index < -0.39 is 9.84 Å². The highest BCUT2D eigenvalue weighted by Gasteiger charge is 2.09.